The fourth-order valence-corrected chi connectivity index (χ4v) is 6.07. The van der Waals surface area contributed by atoms with Crippen LogP contribution in [0.2, 0.25) is 0 Å². The van der Waals surface area contributed by atoms with Gasteiger partial charge in [-0.1, -0.05) is 60.7 Å². The van der Waals surface area contributed by atoms with Crippen molar-refractivity contribution in [3.05, 3.63) is 101 Å². The van der Waals surface area contributed by atoms with Crippen LogP contribution in [-0.4, -0.2) is 72.4 Å². The fourth-order valence-electron chi connectivity index (χ4n) is 6.07. The van der Waals surface area contributed by atoms with Crippen molar-refractivity contribution in [3.8, 4) is 5.75 Å². The number of amides is 2. The van der Waals surface area contributed by atoms with E-state index in [9.17, 15) is 9.59 Å². The van der Waals surface area contributed by atoms with E-state index in [1.165, 1.54) is 5.56 Å². The van der Waals surface area contributed by atoms with Gasteiger partial charge < -0.3 is 14.5 Å². The molecule has 2 aliphatic heterocycles. The smallest absolute Gasteiger partial charge is 0.254 e. The monoisotopic (exact) mass is 509 g/mol. The Morgan fingerprint density at radius 2 is 1.63 bits per heavy atom. The molecule has 3 aromatic carbocycles. The molecule has 2 heterocycles. The van der Waals surface area contributed by atoms with Gasteiger partial charge in [-0.3, -0.25) is 14.5 Å². The molecule has 3 aromatic rings. The van der Waals surface area contributed by atoms with Gasteiger partial charge in [0.15, 0.2) is 0 Å². The zero-order chi connectivity index (χ0) is 26.1. The molecular formula is C32H35N3O3. The maximum atomic E-state index is 14.4. The molecule has 38 heavy (non-hydrogen) atoms. The molecule has 6 rings (SSSR count). The van der Waals surface area contributed by atoms with Crippen molar-refractivity contribution in [3.63, 3.8) is 0 Å². The van der Waals surface area contributed by atoms with Crippen molar-refractivity contribution in [2.75, 3.05) is 39.8 Å². The zero-order valence-corrected chi connectivity index (χ0v) is 22.0. The molecule has 0 spiro atoms. The average molecular weight is 510 g/mol. The molecule has 6 heteroatoms. The molecule has 6 nitrogen and oxygen atoms in total. The summed E-state index contributed by atoms with van der Waals surface area (Å²) in [6.07, 6.45) is 2.98. The van der Waals surface area contributed by atoms with Gasteiger partial charge in [0.1, 0.15) is 5.75 Å². The first-order valence-electron chi connectivity index (χ1n) is 13.7. The molecule has 1 saturated carbocycles. The average Bonchev–Trinajstić information content (AvgIpc) is 3.82. The number of piperazine rings is 1. The van der Waals surface area contributed by atoms with Crippen LogP contribution in [0.4, 0.5) is 0 Å². The van der Waals surface area contributed by atoms with Crippen LogP contribution in [0.1, 0.15) is 51.8 Å². The minimum atomic E-state index is -0.438. The van der Waals surface area contributed by atoms with Gasteiger partial charge in [0, 0.05) is 44.3 Å². The lowest BCUT2D eigenvalue weighted by molar-refractivity contribution is -0.136. The predicted octanol–water partition coefficient (Wildman–Crippen LogP) is 4.53. The van der Waals surface area contributed by atoms with Crippen LogP contribution in [0.25, 0.3) is 0 Å². The first-order valence-corrected chi connectivity index (χ1v) is 13.7. The highest BCUT2D eigenvalue weighted by Gasteiger charge is 2.50. The number of nitrogens with zero attached hydrogens (tertiary/aromatic N) is 3. The fraction of sp³-hybridized carbons (Fsp3) is 0.375. The van der Waals surface area contributed by atoms with Crippen molar-refractivity contribution in [1.29, 1.82) is 0 Å². The number of carbonyl (C=O) groups excluding carboxylic acids is 2. The molecule has 2 amide bonds. The Morgan fingerprint density at radius 3 is 2.37 bits per heavy atom. The zero-order valence-electron chi connectivity index (χ0n) is 22.0. The summed E-state index contributed by atoms with van der Waals surface area (Å²) in [5, 5.41) is 0. The third-order valence-corrected chi connectivity index (χ3v) is 8.26. The van der Waals surface area contributed by atoms with E-state index in [1.54, 1.807) is 7.11 Å². The number of rotatable bonds is 7. The van der Waals surface area contributed by atoms with Gasteiger partial charge in [-0.2, -0.15) is 0 Å². The van der Waals surface area contributed by atoms with E-state index < -0.39 is 5.92 Å². The van der Waals surface area contributed by atoms with Crippen molar-refractivity contribution >= 4 is 11.8 Å². The van der Waals surface area contributed by atoms with Crippen molar-refractivity contribution in [1.82, 2.24) is 14.7 Å². The maximum Gasteiger partial charge on any atom is 0.254 e. The third-order valence-electron chi connectivity index (χ3n) is 8.26. The van der Waals surface area contributed by atoms with Gasteiger partial charge in [0.2, 0.25) is 5.91 Å². The van der Waals surface area contributed by atoms with E-state index in [0.717, 1.165) is 55.8 Å². The van der Waals surface area contributed by atoms with Crippen LogP contribution < -0.4 is 4.74 Å². The maximum absolute atomic E-state index is 14.4. The first-order chi connectivity index (χ1) is 18.6. The highest BCUT2D eigenvalue weighted by molar-refractivity contribution is 6.01. The molecule has 0 N–H and O–H groups in total. The van der Waals surface area contributed by atoms with Crippen molar-refractivity contribution in [2.45, 2.75) is 37.3 Å². The second kappa shape index (κ2) is 10.6. The number of fused-ring (bicyclic) bond motifs is 1. The van der Waals surface area contributed by atoms with Crippen LogP contribution in [0, 0.1) is 0 Å². The summed E-state index contributed by atoms with van der Waals surface area (Å²) >= 11 is 0. The molecule has 1 saturated heterocycles. The van der Waals surface area contributed by atoms with E-state index in [1.807, 2.05) is 64.4 Å². The van der Waals surface area contributed by atoms with E-state index in [4.69, 9.17) is 4.74 Å². The second-order valence-electron chi connectivity index (χ2n) is 10.6. The van der Waals surface area contributed by atoms with E-state index in [-0.39, 0.29) is 23.9 Å². The third kappa shape index (κ3) is 4.81. The molecule has 3 aliphatic rings. The van der Waals surface area contributed by atoms with Crippen molar-refractivity contribution in [2.24, 2.45) is 0 Å². The summed E-state index contributed by atoms with van der Waals surface area (Å²) in [5.74, 6) is 0.451. The Kier molecular flexibility index (Phi) is 6.90. The highest BCUT2D eigenvalue weighted by atomic mass is 16.5. The quantitative estimate of drug-likeness (QED) is 0.470. The first kappa shape index (κ1) is 24.7. The largest absolute Gasteiger partial charge is 0.497 e. The van der Waals surface area contributed by atoms with Crippen LogP contribution >= 0.6 is 0 Å². The summed E-state index contributed by atoms with van der Waals surface area (Å²) in [6.45, 7) is 4.13. The van der Waals surface area contributed by atoms with Gasteiger partial charge in [0.25, 0.3) is 5.91 Å². The lowest BCUT2D eigenvalue weighted by atomic mass is 9.78. The van der Waals surface area contributed by atoms with Crippen LogP contribution in [0.5, 0.6) is 5.75 Å². The number of carbonyl (C=O) groups is 2. The lowest BCUT2D eigenvalue weighted by Gasteiger charge is -2.45. The minimum absolute atomic E-state index is 0.0331. The van der Waals surface area contributed by atoms with Crippen molar-refractivity contribution < 1.29 is 14.3 Å². The molecule has 0 unspecified atom stereocenters. The molecule has 0 bridgehead atoms. The number of hydrogen-bond donors (Lipinski definition) is 0. The Balaban J connectivity index is 1.27. The van der Waals surface area contributed by atoms with Gasteiger partial charge in [-0.25, -0.2) is 0 Å². The van der Waals surface area contributed by atoms with E-state index >= 15 is 0 Å². The Hall–Kier alpha value is -3.64. The summed E-state index contributed by atoms with van der Waals surface area (Å²) in [5.41, 5.74) is 3.81. The van der Waals surface area contributed by atoms with Crippen LogP contribution in [0.3, 0.4) is 0 Å². The summed E-state index contributed by atoms with van der Waals surface area (Å²) in [6, 6.07) is 26.0. The molecule has 0 aromatic heterocycles. The molecule has 1 aliphatic carbocycles. The highest BCUT2D eigenvalue weighted by Crippen LogP contribution is 2.48. The standard InChI is InChI=1S/C32H35N3O3/c1-38-26-11-7-10-24(22-26)30-29(27-12-5-6-13-28(27)31(36)35(30)25-14-15-25)32(37)34-20-18-33(19-21-34)17-16-23-8-3-2-4-9-23/h2-13,22,25,29-30H,14-21H2,1H3/t29-,30-/m0/s1. The lowest BCUT2D eigenvalue weighted by Crippen LogP contribution is -2.54. The summed E-state index contributed by atoms with van der Waals surface area (Å²) < 4.78 is 5.53. The minimum Gasteiger partial charge on any atom is -0.497 e. The Morgan fingerprint density at radius 1 is 0.895 bits per heavy atom. The number of methoxy groups -OCH3 is 1. The van der Waals surface area contributed by atoms with E-state index in [0.29, 0.717) is 18.7 Å². The molecule has 2 atom stereocenters. The molecule has 196 valence electrons. The van der Waals surface area contributed by atoms with Crippen LogP contribution in [0.15, 0.2) is 78.9 Å². The topological polar surface area (TPSA) is 53.1 Å². The number of ether oxygens (including phenoxy) is 1. The number of benzene rings is 3. The van der Waals surface area contributed by atoms with Gasteiger partial charge >= 0.3 is 0 Å². The Bertz CT molecular complexity index is 1300. The van der Waals surface area contributed by atoms with E-state index in [2.05, 4.69) is 29.2 Å². The van der Waals surface area contributed by atoms with Gasteiger partial charge in [-0.05, 0) is 54.2 Å². The predicted molar refractivity (Wildman–Crippen MR) is 147 cm³/mol. The molecular weight excluding hydrogens is 474 g/mol. The summed E-state index contributed by atoms with van der Waals surface area (Å²) in [4.78, 5) is 34.6. The second-order valence-corrected chi connectivity index (χ2v) is 10.6. The van der Waals surface area contributed by atoms with Crippen LogP contribution in [-0.2, 0) is 11.2 Å². The Labute approximate surface area is 224 Å². The van der Waals surface area contributed by atoms with Gasteiger partial charge in [0.05, 0.1) is 19.1 Å². The normalized spacial score (nSPS) is 21.8. The number of hydrogen-bond acceptors (Lipinski definition) is 4. The SMILES string of the molecule is COc1cccc([C@H]2[C@@H](C(=O)N3CCN(CCc4ccccc4)CC3)c3ccccc3C(=O)N2C2CC2)c1. The molecule has 0 radical (unpaired) electrons. The van der Waals surface area contributed by atoms with Gasteiger partial charge in [-0.15, -0.1) is 0 Å². The molecule has 2 fully saturated rings. The summed E-state index contributed by atoms with van der Waals surface area (Å²) in [7, 11) is 1.65.